The van der Waals surface area contributed by atoms with Crippen molar-refractivity contribution >= 4 is 29.0 Å². The topological polar surface area (TPSA) is 144 Å². The summed E-state index contributed by atoms with van der Waals surface area (Å²) >= 11 is 0. The summed E-state index contributed by atoms with van der Waals surface area (Å²) in [5, 5.41) is 31.0. The second kappa shape index (κ2) is 12.7. The van der Waals surface area contributed by atoms with Crippen molar-refractivity contribution in [3.8, 4) is 0 Å². The highest BCUT2D eigenvalue weighted by Gasteiger charge is 2.25. The highest BCUT2D eigenvalue weighted by atomic mass is 19.1. The van der Waals surface area contributed by atoms with Crippen LogP contribution in [-0.4, -0.2) is 81.0 Å². The molecule has 10 nitrogen and oxygen atoms in total. The zero-order valence-electron chi connectivity index (χ0n) is 19.2. The van der Waals surface area contributed by atoms with Gasteiger partial charge in [-0.1, -0.05) is 5.16 Å². The van der Waals surface area contributed by atoms with Crippen LogP contribution < -0.4 is 0 Å². The quantitative estimate of drug-likeness (QED) is 0.483. The summed E-state index contributed by atoms with van der Waals surface area (Å²) in [6, 6.07) is 4.39. The number of benzene rings is 1. The van der Waals surface area contributed by atoms with Crippen molar-refractivity contribution in [2.24, 2.45) is 0 Å². The van der Waals surface area contributed by atoms with Gasteiger partial charge >= 0.3 is 18.0 Å². The third-order valence-electron chi connectivity index (χ3n) is 5.74. The van der Waals surface area contributed by atoms with Crippen molar-refractivity contribution in [3.63, 3.8) is 0 Å². The smallest absolute Gasteiger partial charge is 0.407 e. The van der Waals surface area contributed by atoms with Crippen LogP contribution in [0.2, 0.25) is 0 Å². The Labute approximate surface area is 196 Å². The maximum absolute atomic E-state index is 13.2. The molecule has 0 radical (unpaired) electrons. The van der Waals surface area contributed by atoms with Gasteiger partial charge in [0.1, 0.15) is 5.82 Å². The maximum atomic E-state index is 13.2. The molecule has 1 amide bonds. The van der Waals surface area contributed by atoms with E-state index in [0.29, 0.717) is 25.2 Å². The zero-order chi connectivity index (χ0) is 25.3. The van der Waals surface area contributed by atoms with Crippen molar-refractivity contribution in [2.75, 3.05) is 32.7 Å². The predicted octanol–water partition coefficient (Wildman–Crippen LogP) is 3.64. The molecule has 1 aliphatic rings. The predicted molar refractivity (Wildman–Crippen MR) is 121 cm³/mol. The lowest BCUT2D eigenvalue weighted by molar-refractivity contribution is -0.135. The average Bonchev–Trinajstić information content (AvgIpc) is 3.20. The minimum absolute atomic E-state index is 0.107. The summed E-state index contributed by atoms with van der Waals surface area (Å²) < 4.78 is 18.5. The van der Waals surface area contributed by atoms with E-state index in [1.807, 2.05) is 13.8 Å². The van der Waals surface area contributed by atoms with E-state index >= 15 is 0 Å². The Balaban J connectivity index is 0.000000440. The van der Waals surface area contributed by atoms with Gasteiger partial charge in [0.25, 0.3) is 0 Å². The highest BCUT2D eigenvalue weighted by molar-refractivity contribution is 5.94. The molecule has 3 N–H and O–H groups in total. The van der Waals surface area contributed by atoms with Crippen LogP contribution in [-0.2, 0) is 9.59 Å². The first kappa shape index (κ1) is 26.8. The largest absolute Gasteiger partial charge is 0.478 e. The summed E-state index contributed by atoms with van der Waals surface area (Å²) in [6.07, 6.45) is 1.73. The van der Waals surface area contributed by atoms with Crippen LogP contribution in [0.1, 0.15) is 44.7 Å². The fourth-order valence-electron chi connectivity index (χ4n) is 3.82. The Hall–Kier alpha value is -3.47. The Morgan fingerprint density at radius 2 is 1.82 bits per heavy atom. The molecule has 3 rings (SSSR count). The number of halogens is 1. The molecule has 0 spiro atoms. The first-order valence-electron chi connectivity index (χ1n) is 11.1. The zero-order valence-corrected chi connectivity index (χ0v) is 19.2. The Morgan fingerprint density at radius 1 is 1.18 bits per heavy atom. The Bertz CT molecular complexity index is 1020. The molecule has 1 aromatic carbocycles. The number of carboxylic acid groups (broad SMARTS) is 3. The molecule has 1 fully saturated rings. The first-order chi connectivity index (χ1) is 16.2. The lowest BCUT2D eigenvalue weighted by atomic mass is 9.91. The van der Waals surface area contributed by atoms with E-state index in [1.54, 1.807) is 6.07 Å². The highest BCUT2D eigenvalue weighted by Crippen LogP contribution is 2.32. The lowest BCUT2D eigenvalue weighted by Crippen LogP contribution is -2.34. The number of carboxylic acids is 2. The second-order valence-corrected chi connectivity index (χ2v) is 7.84. The maximum Gasteiger partial charge on any atom is 0.407 e. The molecule has 2 aromatic rings. The van der Waals surface area contributed by atoms with Crippen LogP contribution in [0, 0.1) is 5.82 Å². The molecule has 11 heteroatoms. The molecule has 1 saturated heterocycles. The van der Waals surface area contributed by atoms with E-state index in [2.05, 4.69) is 10.1 Å². The van der Waals surface area contributed by atoms with Gasteiger partial charge in [0.05, 0.1) is 5.69 Å². The van der Waals surface area contributed by atoms with Crippen LogP contribution in [0.3, 0.4) is 0 Å². The molecule has 186 valence electrons. The number of rotatable bonds is 8. The number of piperidine rings is 1. The third-order valence-corrected chi connectivity index (χ3v) is 5.74. The molecule has 0 bridgehead atoms. The van der Waals surface area contributed by atoms with Gasteiger partial charge in [0, 0.05) is 48.7 Å². The Morgan fingerprint density at radius 3 is 2.32 bits per heavy atom. The third kappa shape index (κ3) is 7.55. The Kier molecular flexibility index (Phi) is 9.99. The van der Waals surface area contributed by atoms with Gasteiger partial charge in [-0.3, -0.25) is 0 Å². The summed E-state index contributed by atoms with van der Waals surface area (Å²) in [7, 11) is 0. The number of amides is 1. The van der Waals surface area contributed by atoms with Gasteiger partial charge in [-0.25, -0.2) is 18.8 Å². The van der Waals surface area contributed by atoms with Gasteiger partial charge in [-0.05, 0) is 58.3 Å². The minimum Gasteiger partial charge on any atom is -0.478 e. The minimum atomic E-state index is -1.25. The van der Waals surface area contributed by atoms with Crippen LogP contribution in [0.15, 0.2) is 34.4 Å². The van der Waals surface area contributed by atoms with E-state index in [4.69, 9.17) is 19.8 Å². The van der Waals surface area contributed by atoms with E-state index in [0.717, 1.165) is 43.1 Å². The number of aromatic nitrogens is 1. The molecule has 0 aliphatic carbocycles. The van der Waals surface area contributed by atoms with Crippen LogP contribution >= 0.6 is 0 Å². The van der Waals surface area contributed by atoms with Gasteiger partial charge < -0.3 is 29.6 Å². The number of hydrogen-bond donors (Lipinski definition) is 3. The van der Waals surface area contributed by atoms with Crippen molar-refractivity contribution in [2.45, 2.75) is 39.0 Å². The standard InChI is InChI=1S/C18H19FN2O5.C5H11NO2/c19-13-1-2-14-15(10-13)26-20-17(14)11-3-6-21(7-4-11)8-5-12(18(24)25)9-16(22)23;1-3-6(4-2)5(7)8/h1-2,9-11H,3-8H2,(H,22,23)(H,24,25);3-4H2,1-2H3,(H,7,8)/b12-9+;. The van der Waals surface area contributed by atoms with Gasteiger partial charge in [0.15, 0.2) is 5.58 Å². The van der Waals surface area contributed by atoms with Crippen molar-refractivity contribution in [1.82, 2.24) is 15.0 Å². The molecule has 2 heterocycles. The molecule has 1 aromatic heterocycles. The summed E-state index contributed by atoms with van der Waals surface area (Å²) in [4.78, 5) is 35.3. The normalized spacial score (nSPS) is 15.0. The number of aliphatic carboxylic acids is 2. The van der Waals surface area contributed by atoms with Crippen LogP contribution in [0.5, 0.6) is 0 Å². The van der Waals surface area contributed by atoms with Crippen LogP contribution in [0.25, 0.3) is 11.0 Å². The van der Waals surface area contributed by atoms with Gasteiger partial charge in [-0.15, -0.1) is 0 Å². The van der Waals surface area contributed by atoms with Gasteiger partial charge in [0.2, 0.25) is 0 Å². The fourth-order valence-corrected chi connectivity index (χ4v) is 3.82. The monoisotopic (exact) mass is 479 g/mol. The summed E-state index contributed by atoms with van der Waals surface area (Å²) in [6.45, 7) is 6.77. The van der Waals surface area contributed by atoms with Crippen molar-refractivity contribution in [1.29, 1.82) is 0 Å². The fraction of sp³-hybridized carbons (Fsp3) is 0.478. The molecule has 0 unspecified atom stereocenters. The number of carbonyl (C=O) groups is 3. The number of fused-ring (bicyclic) bond motifs is 1. The lowest BCUT2D eigenvalue weighted by Gasteiger charge is -2.31. The van der Waals surface area contributed by atoms with Crippen LogP contribution in [0.4, 0.5) is 9.18 Å². The SMILES string of the molecule is CCN(CC)C(=O)O.O=C(O)/C=C(\CCN1CCC(c2noc3cc(F)ccc23)CC1)C(=O)O. The average molecular weight is 480 g/mol. The van der Waals surface area contributed by atoms with Gasteiger partial charge in [-0.2, -0.15) is 0 Å². The number of hydrogen-bond acceptors (Lipinski definition) is 6. The number of likely N-dealkylation sites (tertiary alicyclic amines) is 1. The summed E-state index contributed by atoms with van der Waals surface area (Å²) in [5.41, 5.74) is 1.16. The number of nitrogens with zero attached hydrogens (tertiary/aromatic N) is 3. The summed E-state index contributed by atoms with van der Waals surface area (Å²) in [5.74, 6) is -2.62. The van der Waals surface area contributed by atoms with E-state index in [-0.39, 0.29) is 23.7 Å². The molecular formula is C23H30FN3O7. The van der Waals surface area contributed by atoms with E-state index in [9.17, 15) is 18.8 Å². The molecule has 0 saturated carbocycles. The molecule has 34 heavy (non-hydrogen) atoms. The molecule has 1 aliphatic heterocycles. The van der Waals surface area contributed by atoms with E-state index < -0.39 is 18.0 Å². The van der Waals surface area contributed by atoms with E-state index in [1.165, 1.54) is 17.0 Å². The van der Waals surface area contributed by atoms with Crippen molar-refractivity contribution in [3.05, 3.63) is 41.4 Å². The molecule has 0 atom stereocenters. The van der Waals surface area contributed by atoms with Crippen molar-refractivity contribution < 1.29 is 38.6 Å². The first-order valence-corrected chi connectivity index (χ1v) is 11.1. The second-order valence-electron chi connectivity index (χ2n) is 7.84. The molecular weight excluding hydrogens is 449 g/mol.